The van der Waals surface area contributed by atoms with E-state index in [0.29, 0.717) is 6.04 Å². The molecule has 0 aliphatic carbocycles. The lowest BCUT2D eigenvalue weighted by Crippen LogP contribution is -2.26. The second-order valence-corrected chi connectivity index (χ2v) is 4.56. The minimum absolute atomic E-state index is 0.610. The van der Waals surface area contributed by atoms with Gasteiger partial charge < -0.3 is 9.73 Å². The van der Waals surface area contributed by atoms with Gasteiger partial charge in [0.1, 0.15) is 11.5 Å². The van der Waals surface area contributed by atoms with E-state index in [1.807, 2.05) is 0 Å². The first-order valence-electron chi connectivity index (χ1n) is 5.60. The number of hydrogen-bond acceptors (Lipinski definition) is 3. The Hall–Kier alpha value is -0.410. The van der Waals surface area contributed by atoms with E-state index in [1.54, 1.807) is 11.8 Å². The van der Waals surface area contributed by atoms with Crippen LogP contribution in [0.1, 0.15) is 38.2 Å². The molecule has 0 amide bonds. The van der Waals surface area contributed by atoms with Crippen LogP contribution in [0.15, 0.2) is 16.5 Å². The van der Waals surface area contributed by atoms with Crippen LogP contribution in [-0.4, -0.2) is 12.3 Å². The summed E-state index contributed by atoms with van der Waals surface area (Å²) in [5.41, 5.74) is 0. The number of nitrogens with one attached hydrogen (secondary N) is 1. The molecule has 1 rings (SSSR count). The number of hydrogen-bond donors (Lipinski definition) is 1. The quantitative estimate of drug-likeness (QED) is 0.772. The molecule has 0 unspecified atom stereocenters. The fourth-order valence-corrected chi connectivity index (χ4v) is 2.00. The Labute approximate surface area is 96.8 Å². The van der Waals surface area contributed by atoms with E-state index in [-0.39, 0.29) is 0 Å². The van der Waals surface area contributed by atoms with Gasteiger partial charge in [0.2, 0.25) is 0 Å². The monoisotopic (exact) mass is 227 g/mol. The van der Waals surface area contributed by atoms with Crippen molar-refractivity contribution in [2.75, 3.05) is 6.26 Å². The molecule has 0 aromatic carbocycles. The van der Waals surface area contributed by atoms with Crippen molar-refractivity contribution in [1.82, 2.24) is 5.32 Å². The maximum Gasteiger partial charge on any atom is 0.118 e. The standard InChI is InChI=1S/C12H21NOS/c1-4-10(5-2)13-8-11-6-7-12(14-11)9-15-3/h6-7,10,13H,4-5,8-9H2,1-3H3. The molecule has 0 aliphatic heterocycles. The maximum atomic E-state index is 5.68. The lowest BCUT2D eigenvalue weighted by atomic mass is 10.2. The van der Waals surface area contributed by atoms with E-state index in [4.69, 9.17) is 4.42 Å². The molecule has 0 atom stereocenters. The fourth-order valence-electron chi connectivity index (χ4n) is 1.56. The van der Waals surface area contributed by atoms with E-state index in [2.05, 4.69) is 37.6 Å². The van der Waals surface area contributed by atoms with Gasteiger partial charge >= 0.3 is 0 Å². The van der Waals surface area contributed by atoms with Gasteiger partial charge in [-0.1, -0.05) is 13.8 Å². The van der Waals surface area contributed by atoms with Crippen molar-refractivity contribution in [3.05, 3.63) is 23.7 Å². The van der Waals surface area contributed by atoms with Gasteiger partial charge in [-0.25, -0.2) is 0 Å². The summed E-state index contributed by atoms with van der Waals surface area (Å²) in [5, 5.41) is 3.49. The van der Waals surface area contributed by atoms with Gasteiger partial charge in [-0.15, -0.1) is 0 Å². The van der Waals surface area contributed by atoms with Gasteiger partial charge in [-0.05, 0) is 31.2 Å². The molecule has 3 heteroatoms. The number of furan rings is 1. The largest absolute Gasteiger partial charge is 0.464 e. The van der Waals surface area contributed by atoms with Gasteiger partial charge in [-0.2, -0.15) is 11.8 Å². The van der Waals surface area contributed by atoms with E-state index in [9.17, 15) is 0 Å². The highest BCUT2D eigenvalue weighted by molar-refractivity contribution is 7.97. The first kappa shape index (κ1) is 12.7. The zero-order chi connectivity index (χ0) is 11.1. The molecule has 15 heavy (non-hydrogen) atoms. The van der Waals surface area contributed by atoms with Crippen molar-refractivity contribution < 1.29 is 4.42 Å². The van der Waals surface area contributed by atoms with Crippen LogP contribution >= 0.6 is 11.8 Å². The van der Waals surface area contributed by atoms with Crippen LogP contribution in [0.3, 0.4) is 0 Å². The fraction of sp³-hybridized carbons (Fsp3) is 0.667. The van der Waals surface area contributed by atoms with Gasteiger partial charge in [0.25, 0.3) is 0 Å². The number of rotatable bonds is 7. The molecule has 1 N–H and O–H groups in total. The highest BCUT2D eigenvalue weighted by Gasteiger charge is 2.05. The van der Waals surface area contributed by atoms with E-state index >= 15 is 0 Å². The summed E-state index contributed by atoms with van der Waals surface area (Å²) < 4.78 is 5.68. The molecule has 1 aromatic heterocycles. The van der Waals surface area contributed by atoms with E-state index < -0.39 is 0 Å². The Morgan fingerprint density at radius 3 is 2.53 bits per heavy atom. The first-order chi connectivity index (χ1) is 7.30. The van der Waals surface area contributed by atoms with Crippen molar-refractivity contribution in [3.63, 3.8) is 0 Å². The summed E-state index contributed by atoms with van der Waals surface area (Å²) in [7, 11) is 0. The second-order valence-electron chi connectivity index (χ2n) is 3.70. The summed E-state index contributed by atoms with van der Waals surface area (Å²) in [6.45, 7) is 5.27. The van der Waals surface area contributed by atoms with Crippen LogP contribution in [0.4, 0.5) is 0 Å². The molecule has 0 saturated heterocycles. The van der Waals surface area contributed by atoms with Crippen LogP contribution in [0, 0.1) is 0 Å². The second kappa shape index (κ2) is 6.96. The van der Waals surface area contributed by atoms with E-state index in [1.165, 1.54) is 12.8 Å². The van der Waals surface area contributed by atoms with Crippen LogP contribution < -0.4 is 5.32 Å². The molecule has 0 radical (unpaired) electrons. The molecule has 0 aliphatic rings. The lowest BCUT2D eigenvalue weighted by Gasteiger charge is -2.12. The summed E-state index contributed by atoms with van der Waals surface area (Å²) in [4.78, 5) is 0. The molecule has 0 fully saturated rings. The Morgan fingerprint density at radius 2 is 1.93 bits per heavy atom. The van der Waals surface area contributed by atoms with Crippen LogP contribution in [-0.2, 0) is 12.3 Å². The molecule has 0 spiro atoms. The minimum Gasteiger partial charge on any atom is -0.464 e. The van der Waals surface area contributed by atoms with Gasteiger partial charge in [-0.3, -0.25) is 0 Å². The third-order valence-electron chi connectivity index (χ3n) is 2.55. The molecular formula is C12H21NOS. The van der Waals surface area contributed by atoms with Crippen molar-refractivity contribution in [2.24, 2.45) is 0 Å². The summed E-state index contributed by atoms with van der Waals surface area (Å²) in [5.74, 6) is 3.08. The smallest absolute Gasteiger partial charge is 0.118 e. The Bertz CT molecular complexity index is 268. The summed E-state index contributed by atoms with van der Waals surface area (Å²) >= 11 is 1.79. The maximum absolute atomic E-state index is 5.68. The van der Waals surface area contributed by atoms with Crippen molar-refractivity contribution in [1.29, 1.82) is 0 Å². The Morgan fingerprint density at radius 1 is 1.27 bits per heavy atom. The summed E-state index contributed by atoms with van der Waals surface area (Å²) in [6, 6.07) is 4.75. The van der Waals surface area contributed by atoms with Crippen molar-refractivity contribution in [3.8, 4) is 0 Å². The molecule has 86 valence electrons. The normalized spacial score (nSPS) is 11.2. The molecule has 2 nitrogen and oxygen atoms in total. The van der Waals surface area contributed by atoms with Gasteiger partial charge in [0, 0.05) is 6.04 Å². The van der Waals surface area contributed by atoms with Crippen molar-refractivity contribution >= 4 is 11.8 Å². The van der Waals surface area contributed by atoms with Gasteiger partial charge in [0.05, 0.1) is 12.3 Å². The average Bonchev–Trinajstić information content (AvgIpc) is 2.68. The molecule has 1 heterocycles. The first-order valence-corrected chi connectivity index (χ1v) is 6.99. The molecule has 1 aromatic rings. The summed E-state index contributed by atoms with van der Waals surface area (Å²) in [6.07, 6.45) is 4.44. The van der Waals surface area contributed by atoms with Gasteiger partial charge in [0.15, 0.2) is 0 Å². The molecule has 0 bridgehead atoms. The zero-order valence-corrected chi connectivity index (χ0v) is 10.7. The molecule has 0 saturated carbocycles. The topological polar surface area (TPSA) is 25.2 Å². The zero-order valence-electron chi connectivity index (χ0n) is 9.88. The lowest BCUT2D eigenvalue weighted by molar-refractivity contribution is 0.418. The van der Waals surface area contributed by atoms with Crippen LogP contribution in [0.5, 0.6) is 0 Å². The van der Waals surface area contributed by atoms with Crippen molar-refractivity contribution in [2.45, 2.75) is 45.0 Å². The predicted octanol–water partition coefficient (Wildman–Crippen LogP) is 3.42. The highest BCUT2D eigenvalue weighted by Crippen LogP contribution is 2.13. The predicted molar refractivity (Wildman–Crippen MR) is 67.1 cm³/mol. The Kier molecular flexibility index (Phi) is 5.88. The Balaban J connectivity index is 2.36. The minimum atomic E-state index is 0.610. The third kappa shape index (κ3) is 4.31. The average molecular weight is 227 g/mol. The SMILES string of the molecule is CCC(CC)NCc1ccc(CSC)o1. The highest BCUT2D eigenvalue weighted by atomic mass is 32.2. The number of thioether (sulfide) groups is 1. The van der Waals surface area contributed by atoms with Crippen LogP contribution in [0.25, 0.3) is 0 Å². The third-order valence-corrected chi connectivity index (χ3v) is 3.13. The van der Waals surface area contributed by atoms with E-state index in [0.717, 1.165) is 23.8 Å². The van der Waals surface area contributed by atoms with Crippen LogP contribution in [0.2, 0.25) is 0 Å². The molecular weight excluding hydrogens is 206 g/mol.